The number of ether oxygens (including phenoxy) is 2. The number of rotatable bonds is 9. The second-order valence-corrected chi connectivity index (χ2v) is 4.05. The molecule has 0 aliphatic heterocycles. The van der Waals surface area contributed by atoms with Crippen molar-refractivity contribution >= 4 is 0 Å². The maximum Gasteiger partial charge on any atom is 0.0591 e. The molecule has 1 aromatic carbocycles. The van der Waals surface area contributed by atoms with Crippen LogP contribution in [0.3, 0.4) is 0 Å². The van der Waals surface area contributed by atoms with Crippen molar-refractivity contribution in [2.24, 2.45) is 0 Å². The zero-order valence-electron chi connectivity index (χ0n) is 10.8. The van der Waals surface area contributed by atoms with Crippen molar-refractivity contribution in [3.8, 4) is 0 Å². The second-order valence-electron chi connectivity index (χ2n) is 4.05. The Kier molecular flexibility index (Phi) is 7.63. The van der Waals surface area contributed by atoms with Gasteiger partial charge in [-0.05, 0) is 18.9 Å². The van der Waals surface area contributed by atoms with Gasteiger partial charge in [-0.25, -0.2) is 0 Å². The molecule has 0 bridgehead atoms. The van der Waals surface area contributed by atoms with Crippen LogP contribution in [0.5, 0.6) is 0 Å². The molecular weight excluding hydrogens is 214 g/mol. The third kappa shape index (κ3) is 6.41. The summed E-state index contributed by atoms with van der Waals surface area (Å²) in [4.78, 5) is 0. The fourth-order valence-electron chi connectivity index (χ4n) is 1.61. The molecule has 0 unspecified atom stereocenters. The number of methoxy groups -OCH3 is 1. The smallest absolute Gasteiger partial charge is 0.0591 e. The van der Waals surface area contributed by atoms with Gasteiger partial charge in [0.2, 0.25) is 0 Å². The van der Waals surface area contributed by atoms with E-state index in [2.05, 4.69) is 36.5 Å². The standard InChI is InChI=1S/C14H23NO2/c1-13(14-7-4-3-5-8-14)15-9-12-17-11-6-10-16-2/h3-5,7-8,13,15H,6,9-12H2,1-2H3/t13-/m0/s1. The Morgan fingerprint density at radius 3 is 2.59 bits per heavy atom. The van der Waals surface area contributed by atoms with Crippen LogP contribution in [0.2, 0.25) is 0 Å². The van der Waals surface area contributed by atoms with Crippen LogP contribution < -0.4 is 5.32 Å². The first-order valence-electron chi connectivity index (χ1n) is 6.19. The molecule has 0 aromatic heterocycles. The second kappa shape index (κ2) is 9.16. The molecule has 0 fully saturated rings. The summed E-state index contributed by atoms with van der Waals surface area (Å²) in [6, 6.07) is 10.8. The van der Waals surface area contributed by atoms with Gasteiger partial charge in [-0.1, -0.05) is 30.3 Å². The quantitative estimate of drug-likeness (QED) is 0.669. The first-order chi connectivity index (χ1) is 8.34. The van der Waals surface area contributed by atoms with Crippen LogP contribution in [0.1, 0.15) is 24.9 Å². The molecule has 0 spiro atoms. The van der Waals surface area contributed by atoms with Gasteiger partial charge in [0.15, 0.2) is 0 Å². The van der Waals surface area contributed by atoms with Gasteiger partial charge in [0.25, 0.3) is 0 Å². The molecule has 0 heterocycles. The van der Waals surface area contributed by atoms with E-state index in [9.17, 15) is 0 Å². The first kappa shape index (κ1) is 14.2. The fraction of sp³-hybridized carbons (Fsp3) is 0.571. The van der Waals surface area contributed by atoms with Crippen LogP contribution >= 0.6 is 0 Å². The Morgan fingerprint density at radius 2 is 1.88 bits per heavy atom. The molecule has 0 radical (unpaired) electrons. The highest BCUT2D eigenvalue weighted by Crippen LogP contribution is 2.10. The zero-order chi connectivity index (χ0) is 12.3. The predicted molar refractivity (Wildman–Crippen MR) is 70.2 cm³/mol. The third-order valence-corrected chi connectivity index (χ3v) is 2.63. The largest absolute Gasteiger partial charge is 0.385 e. The highest BCUT2D eigenvalue weighted by atomic mass is 16.5. The van der Waals surface area contributed by atoms with Crippen molar-refractivity contribution in [2.45, 2.75) is 19.4 Å². The summed E-state index contributed by atoms with van der Waals surface area (Å²) >= 11 is 0. The summed E-state index contributed by atoms with van der Waals surface area (Å²) in [5.74, 6) is 0. The normalized spacial score (nSPS) is 12.6. The van der Waals surface area contributed by atoms with Crippen LogP contribution in [-0.2, 0) is 9.47 Å². The van der Waals surface area contributed by atoms with Crippen molar-refractivity contribution in [2.75, 3.05) is 33.5 Å². The minimum Gasteiger partial charge on any atom is -0.385 e. The topological polar surface area (TPSA) is 30.5 Å². The lowest BCUT2D eigenvalue weighted by molar-refractivity contribution is 0.103. The maximum atomic E-state index is 5.48. The molecule has 0 saturated heterocycles. The minimum atomic E-state index is 0.374. The lowest BCUT2D eigenvalue weighted by atomic mass is 10.1. The molecule has 1 atom stereocenters. The molecule has 1 aromatic rings. The van der Waals surface area contributed by atoms with Crippen LogP contribution in [0.25, 0.3) is 0 Å². The molecule has 1 N–H and O–H groups in total. The Balaban J connectivity index is 2.03. The van der Waals surface area contributed by atoms with Crippen molar-refractivity contribution in [3.63, 3.8) is 0 Å². The summed E-state index contributed by atoms with van der Waals surface area (Å²) in [7, 11) is 1.71. The van der Waals surface area contributed by atoms with Crippen LogP contribution in [0.4, 0.5) is 0 Å². The lowest BCUT2D eigenvalue weighted by Gasteiger charge is -2.14. The Hall–Kier alpha value is -0.900. The Morgan fingerprint density at radius 1 is 1.12 bits per heavy atom. The number of hydrogen-bond acceptors (Lipinski definition) is 3. The van der Waals surface area contributed by atoms with Gasteiger partial charge in [0.1, 0.15) is 0 Å². The molecule has 0 aliphatic carbocycles. The molecule has 0 amide bonds. The van der Waals surface area contributed by atoms with Gasteiger partial charge in [-0.2, -0.15) is 0 Å². The van der Waals surface area contributed by atoms with Gasteiger partial charge in [0, 0.05) is 32.9 Å². The lowest BCUT2D eigenvalue weighted by Crippen LogP contribution is -2.23. The molecule has 0 aliphatic rings. The highest BCUT2D eigenvalue weighted by Gasteiger charge is 2.02. The van der Waals surface area contributed by atoms with Crippen molar-refractivity contribution in [3.05, 3.63) is 35.9 Å². The Bertz CT molecular complexity index is 277. The van der Waals surface area contributed by atoms with E-state index in [4.69, 9.17) is 9.47 Å². The number of benzene rings is 1. The number of nitrogens with one attached hydrogen (secondary N) is 1. The molecular formula is C14H23NO2. The highest BCUT2D eigenvalue weighted by molar-refractivity contribution is 5.17. The maximum absolute atomic E-state index is 5.48. The summed E-state index contributed by atoms with van der Waals surface area (Å²) in [5.41, 5.74) is 1.31. The van der Waals surface area contributed by atoms with Crippen LogP contribution in [-0.4, -0.2) is 33.5 Å². The minimum absolute atomic E-state index is 0.374. The molecule has 1 rings (SSSR count). The molecule has 96 valence electrons. The van der Waals surface area contributed by atoms with E-state index in [1.54, 1.807) is 7.11 Å². The number of hydrogen-bond donors (Lipinski definition) is 1. The summed E-state index contributed by atoms with van der Waals surface area (Å²) in [6.45, 7) is 5.34. The van der Waals surface area contributed by atoms with Gasteiger partial charge in [-0.15, -0.1) is 0 Å². The summed E-state index contributed by atoms with van der Waals surface area (Å²) in [6.07, 6.45) is 0.963. The first-order valence-corrected chi connectivity index (χ1v) is 6.19. The summed E-state index contributed by atoms with van der Waals surface area (Å²) in [5, 5.41) is 3.43. The van der Waals surface area contributed by atoms with Gasteiger partial charge >= 0.3 is 0 Å². The molecule has 3 nitrogen and oxygen atoms in total. The van der Waals surface area contributed by atoms with E-state index in [0.29, 0.717) is 6.04 Å². The van der Waals surface area contributed by atoms with E-state index in [1.807, 2.05) is 6.07 Å². The average Bonchev–Trinajstić information content (AvgIpc) is 2.38. The molecule has 3 heteroatoms. The van der Waals surface area contributed by atoms with Gasteiger partial charge in [-0.3, -0.25) is 0 Å². The van der Waals surface area contributed by atoms with Gasteiger partial charge < -0.3 is 14.8 Å². The fourth-order valence-corrected chi connectivity index (χ4v) is 1.61. The van der Waals surface area contributed by atoms with Crippen molar-refractivity contribution in [1.82, 2.24) is 5.32 Å². The predicted octanol–water partition coefficient (Wildman–Crippen LogP) is 2.39. The summed E-state index contributed by atoms with van der Waals surface area (Å²) < 4.78 is 10.4. The monoisotopic (exact) mass is 237 g/mol. The van der Waals surface area contributed by atoms with Crippen LogP contribution in [0, 0.1) is 0 Å². The Labute approximate surface area is 104 Å². The van der Waals surface area contributed by atoms with E-state index in [-0.39, 0.29) is 0 Å². The van der Waals surface area contributed by atoms with Gasteiger partial charge in [0.05, 0.1) is 6.61 Å². The SMILES string of the molecule is COCCCOCCN[C@@H](C)c1ccccc1. The average molecular weight is 237 g/mol. The molecule has 0 saturated carbocycles. The molecule has 17 heavy (non-hydrogen) atoms. The van der Waals surface area contributed by atoms with E-state index < -0.39 is 0 Å². The van der Waals surface area contributed by atoms with Crippen molar-refractivity contribution in [1.29, 1.82) is 0 Å². The van der Waals surface area contributed by atoms with Crippen LogP contribution in [0.15, 0.2) is 30.3 Å². The third-order valence-electron chi connectivity index (χ3n) is 2.63. The zero-order valence-corrected chi connectivity index (χ0v) is 10.8. The van der Waals surface area contributed by atoms with Crippen molar-refractivity contribution < 1.29 is 9.47 Å². The van der Waals surface area contributed by atoms with E-state index >= 15 is 0 Å². The van der Waals surface area contributed by atoms with E-state index in [0.717, 1.165) is 32.8 Å². The van der Waals surface area contributed by atoms with E-state index in [1.165, 1.54) is 5.56 Å².